The summed E-state index contributed by atoms with van der Waals surface area (Å²) in [4.78, 5) is 12.0. The Kier molecular flexibility index (Phi) is 6.48. The van der Waals surface area contributed by atoms with Crippen LogP contribution in [0.4, 0.5) is 11.4 Å². The number of carbonyl (C=O) groups is 1. The van der Waals surface area contributed by atoms with Crippen LogP contribution in [0.3, 0.4) is 0 Å². The van der Waals surface area contributed by atoms with Gasteiger partial charge in [-0.2, -0.15) is 0 Å². The van der Waals surface area contributed by atoms with Gasteiger partial charge >= 0.3 is 0 Å². The maximum atomic E-state index is 12.0. The van der Waals surface area contributed by atoms with Gasteiger partial charge in [-0.1, -0.05) is 25.1 Å². The molecule has 1 amide bonds. The van der Waals surface area contributed by atoms with Gasteiger partial charge in [-0.25, -0.2) is 0 Å². The number of anilines is 2. The fraction of sp³-hybridized carbons (Fsp3) is 0.316. The van der Waals surface area contributed by atoms with E-state index >= 15 is 0 Å². The quantitative estimate of drug-likeness (QED) is 0.772. The van der Waals surface area contributed by atoms with Crippen molar-refractivity contribution in [2.24, 2.45) is 0 Å². The van der Waals surface area contributed by atoms with Crippen LogP contribution in [0, 0.1) is 0 Å². The summed E-state index contributed by atoms with van der Waals surface area (Å²) < 4.78 is 5.40. The molecule has 4 nitrogen and oxygen atoms in total. The lowest BCUT2D eigenvalue weighted by Gasteiger charge is -2.11. The molecule has 0 saturated heterocycles. The molecule has 0 radical (unpaired) electrons. The van der Waals surface area contributed by atoms with E-state index in [1.807, 2.05) is 55.5 Å². The summed E-state index contributed by atoms with van der Waals surface area (Å²) in [7, 11) is 0. The van der Waals surface area contributed by atoms with Crippen molar-refractivity contribution in [3.63, 3.8) is 0 Å². The molecule has 0 fully saturated rings. The molecule has 0 bridgehead atoms. The van der Waals surface area contributed by atoms with Crippen LogP contribution in [0.25, 0.3) is 0 Å². The molecule has 0 aliphatic rings. The Balaban J connectivity index is 1.78. The number of benzene rings is 2. The minimum Gasteiger partial charge on any atom is -0.494 e. The highest BCUT2D eigenvalue weighted by molar-refractivity contribution is 5.91. The number of carbonyl (C=O) groups excluding carboxylic acids is 1. The normalized spacial score (nSPS) is 10.2. The molecule has 122 valence electrons. The van der Waals surface area contributed by atoms with Crippen molar-refractivity contribution in [2.75, 3.05) is 23.8 Å². The average Bonchev–Trinajstić information content (AvgIpc) is 2.57. The van der Waals surface area contributed by atoms with E-state index in [1.54, 1.807) is 0 Å². The minimum absolute atomic E-state index is 0.0179. The lowest BCUT2D eigenvalue weighted by Crippen LogP contribution is -2.17. The first-order chi connectivity index (χ1) is 11.2. The molecule has 2 rings (SSSR count). The van der Waals surface area contributed by atoms with Crippen molar-refractivity contribution in [1.29, 1.82) is 0 Å². The molecule has 2 aromatic rings. The SMILES string of the molecule is CCOc1ccc(NCCC(=O)Nc2ccccc2CC)cc1. The second-order valence-corrected chi connectivity index (χ2v) is 5.19. The first-order valence-corrected chi connectivity index (χ1v) is 8.07. The van der Waals surface area contributed by atoms with E-state index in [1.165, 1.54) is 0 Å². The summed E-state index contributed by atoms with van der Waals surface area (Å²) >= 11 is 0. The zero-order valence-corrected chi connectivity index (χ0v) is 13.8. The maximum Gasteiger partial charge on any atom is 0.226 e. The van der Waals surface area contributed by atoms with Crippen molar-refractivity contribution >= 4 is 17.3 Å². The van der Waals surface area contributed by atoms with Gasteiger partial charge in [0.2, 0.25) is 5.91 Å². The molecule has 4 heteroatoms. The number of hydrogen-bond acceptors (Lipinski definition) is 3. The highest BCUT2D eigenvalue weighted by atomic mass is 16.5. The van der Waals surface area contributed by atoms with E-state index in [0.717, 1.165) is 29.1 Å². The van der Waals surface area contributed by atoms with Gasteiger partial charge in [0, 0.05) is 24.3 Å². The topological polar surface area (TPSA) is 50.4 Å². The third-order valence-corrected chi connectivity index (χ3v) is 3.52. The van der Waals surface area contributed by atoms with E-state index in [-0.39, 0.29) is 5.91 Å². The van der Waals surface area contributed by atoms with E-state index in [4.69, 9.17) is 4.74 Å². The van der Waals surface area contributed by atoms with Crippen LogP contribution in [-0.4, -0.2) is 19.1 Å². The van der Waals surface area contributed by atoms with Gasteiger partial charge in [0.05, 0.1) is 6.61 Å². The van der Waals surface area contributed by atoms with Crippen LogP contribution in [-0.2, 0) is 11.2 Å². The van der Waals surface area contributed by atoms with Crippen molar-refractivity contribution in [2.45, 2.75) is 26.7 Å². The second kappa shape index (κ2) is 8.83. The summed E-state index contributed by atoms with van der Waals surface area (Å²) in [5, 5.41) is 6.22. The van der Waals surface area contributed by atoms with Crippen molar-refractivity contribution in [3.8, 4) is 5.75 Å². The Morgan fingerprint density at radius 2 is 1.78 bits per heavy atom. The molecule has 0 saturated carbocycles. The number of para-hydroxylation sites is 1. The van der Waals surface area contributed by atoms with E-state index in [0.29, 0.717) is 19.6 Å². The number of nitrogens with one attached hydrogen (secondary N) is 2. The minimum atomic E-state index is 0.0179. The van der Waals surface area contributed by atoms with Crippen LogP contribution >= 0.6 is 0 Å². The standard InChI is InChI=1S/C19H24N2O2/c1-3-15-7-5-6-8-18(15)21-19(22)13-14-20-16-9-11-17(12-10-16)23-4-2/h5-12,20H,3-4,13-14H2,1-2H3,(H,21,22). The molecule has 2 N–H and O–H groups in total. The molecule has 0 aromatic heterocycles. The number of aryl methyl sites for hydroxylation is 1. The molecule has 0 unspecified atom stereocenters. The highest BCUT2D eigenvalue weighted by Gasteiger charge is 2.05. The Morgan fingerprint density at radius 3 is 2.48 bits per heavy atom. The first-order valence-electron chi connectivity index (χ1n) is 8.07. The summed E-state index contributed by atoms with van der Waals surface area (Å²) in [6.07, 6.45) is 1.33. The third-order valence-electron chi connectivity index (χ3n) is 3.52. The molecule has 0 atom stereocenters. The van der Waals surface area contributed by atoms with Gasteiger partial charge in [0.25, 0.3) is 0 Å². The van der Waals surface area contributed by atoms with Crippen LogP contribution in [0.15, 0.2) is 48.5 Å². The molecule has 0 heterocycles. The molecule has 23 heavy (non-hydrogen) atoms. The van der Waals surface area contributed by atoms with Gasteiger partial charge in [-0.3, -0.25) is 4.79 Å². The van der Waals surface area contributed by atoms with Gasteiger partial charge in [0.15, 0.2) is 0 Å². The molecular formula is C19H24N2O2. The van der Waals surface area contributed by atoms with Crippen LogP contribution < -0.4 is 15.4 Å². The third kappa shape index (κ3) is 5.33. The van der Waals surface area contributed by atoms with E-state index in [9.17, 15) is 4.79 Å². The second-order valence-electron chi connectivity index (χ2n) is 5.19. The maximum absolute atomic E-state index is 12.0. The monoisotopic (exact) mass is 312 g/mol. The zero-order valence-electron chi connectivity index (χ0n) is 13.8. The summed E-state index contributed by atoms with van der Waals surface area (Å²) in [5.74, 6) is 0.872. The summed E-state index contributed by atoms with van der Waals surface area (Å²) in [5.41, 5.74) is 3.04. The summed E-state index contributed by atoms with van der Waals surface area (Å²) in [6.45, 7) is 5.29. The van der Waals surface area contributed by atoms with Crippen molar-refractivity contribution in [3.05, 3.63) is 54.1 Å². The lowest BCUT2D eigenvalue weighted by atomic mass is 10.1. The zero-order chi connectivity index (χ0) is 16.5. The van der Waals surface area contributed by atoms with Crippen LogP contribution in [0.2, 0.25) is 0 Å². The molecule has 2 aromatic carbocycles. The Hall–Kier alpha value is -2.49. The van der Waals surface area contributed by atoms with Gasteiger partial charge in [-0.05, 0) is 49.2 Å². The van der Waals surface area contributed by atoms with Gasteiger partial charge < -0.3 is 15.4 Å². The Bertz CT molecular complexity index is 624. The Morgan fingerprint density at radius 1 is 1.04 bits per heavy atom. The molecule has 0 aliphatic heterocycles. The number of amides is 1. The van der Waals surface area contributed by atoms with Crippen molar-refractivity contribution in [1.82, 2.24) is 0 Å². The predicted octanol–water partition coefficient (Wildman–Crippen LogP) is 4.09. The number of hydrogen-bond donors (Lipinski definition) is 2. The fourth-order valence-electron chi connectivity index (χ4n) is 2.32. The van der Waals surface area contributed by atoms with Crippen molar-refractivity contribution < 1.29 is 9.53 Å². The fourth-order valence-corrected chi connectivity index (χ4v) is 2.32. The predicted molar refractivity (Wildman–Crippen MR) is 95.2 cm³/mol. The lowest BCUT2D eigenvalue weighted by molar-refractivity contribution is -0.115. The first kappa shape index (κ1) is 16.9. The Labute approximate surface area is 137 Å². The smallest absolute Gasteiger partial charge is 0.226 e. The van der Waals surface area contributed by atoms with E-state index in [2.05, 4.69) is 17.6 Å². The van der Waals surface area contributed by atoms with Gasteiger partial charge in [-0.15, -0.1) is 0 Å². The largest absolute Gasteiger partial charge is 0.494 e. The summed E-state index contributed by atoms with van der Waals surface area (Å²) in [6, 6.07) is 15.6. The van der Waals surface area contributed by atoms with Crippen LogP contribution in [0.1, 0.15) is 25.8 Å². The van der Waals surface area contributed by atoms with Crippen LogP contribution in [0.5, 0.6) is 5.75 Å². The highest BCUT2D eigenvalue weighted by Crippen LogP contribution is 2.17. The molecule has 0 spiro atoms. The molecular weight excluding hydrogens is 288 g/mol. The molecule has 0 aliphatic carbocycles. The van der Waals surface area contributed by atoms with E-state index < -0.39 is 0 Å². The van der Waals surface area contributed by atoms with Gasteiger partial charge in [0.1, 0.15) is 5.75 Å². The number of rotatable bonds is 8. The number of ether oxygens (including phenoxy) is 1. The average molecular weight is 312 g/mol.